The number of hydrogen-bond acceptors (Lipinski definition) is 4. The van der Waals surface area contributed by atoms with Crippen molar-refractivity contribution >= 4 is 11.6 Å². The van der Waals surface area contributed by atoms with Crippen LogP contribution >= 0.6 is 0 Å². The van der Waals surface area contributed by atoms with Gasteiger partial charge in [0, 0.05) is 13.0 Å². The molecule has 0 N–H and O–H groups in total. The largest absolute Gasteiger partial charge is 0.481 e. The van der Waals surface area contributed by atoms with Crippen LogP contribution < -0.4 is 9.64 Å². The van der Waals surface area contributed by atoms with E-state index in [9.17, 15) is 10.1 Å². The van der Waals surface area contributed by atoms with E-state index in [-0.39, 0.29) is 5.91 Å². The molecular weight excluding hydrogens is 350 g/mol. The van der Waals surface area contributed by atoms with Gasteiger partial charge < -0.3 is 9.64 Å². The molecule has 0 aliphatic carbocycles. The van der Waals surface area contributed by atoms with E-state index in [2.05, 4.69) is 11.1 Å². The van der Waals surface area contributed by atoms with Gasteiger partial charge in [-0.05, 0) is 17.2 Å². The van der Waals surface area contributed by atoms with Crippen molar-refractivity contribution in [3.05, 3.63) is 89.6 Å². The maximum atomic E-state index is 12.7. The molecule has 1 aliphatic rings. The molecule has 138 valence electrons. The van der Waals surface area contributed by atoms with Crippen LogP contribution in [0.3, 0.4) is 0 Å². The van der Waals surface area contributed by atoms with E-state index < -0.39 is 11.5 Å². The second-order valence-corrected chi connectivity index (χ2v) is 6.71. The number of hydrogen-bond donors (Lipinski definition) is 0. The van der Waals surface area contributed by atoms with Gasteiger partial charge in [0.2, 0.25) is 11.8 Å². The molecule has 1 amide bonds. The Balaban J connectivity index is 2.10. The number of fused-ring (bicyclic) bond motifs is 1. The van der Waals surface area contributed by atoms with Gasteiger partial charge in [0.1, 0.15) is 0 Å². The number of carbonyl (C=O) groups is 1. The molecule has 28 heavy (non-hydrogen) atoms. The lowest BCUT2D eigenvalue weighted by Gasteiger charge is -2.33. The Bertz CT molecular complexity index is 1060. The number of benzene rings is 2. The summed E-state index contributed by atoms with van der Waals surface area (Å²) >= 11 is 0. The maximum Gasteiger partial charge on any atom is 0.224 e. The lowest BCUT2D eigenvalue weighted by molar-refractivity contribution is -0.117. The molecular formula is C23H19N3O2. The fourth-order valence-corrected chi connectivity index (χ4v) is 4.05. The summed E-state index contributed by atoms with van der Waals surface area (Å²) in [6, 6.07) is 24.7. The standard InChI is InChI=1S/C23H19N3O2/c1-16(27)26-19-13-14-20(28-2)25-21(19)23(15-24,18-11-7-4-8-12-18)22(26)17-9-5-3-6-10-17/h3-14,22H,1-2H3/t22-,23+/m1/s1. The number of amides is 1. The van der Waals surface area contributed by atoms with Gasteiger partial charge in [-0.25, -0.2) is 4.98 Å². The highest BCUT2D eigenvalue weighted by molar-refractivity contribution is 5.96. The van der Waals surface area contributed by atoms with Crippen LogP contribution in [0.2, 0.25) is 0 Å². The van der Waals surface area contributed by atoms with Gasteiger partial charge in [-0.2, -0.15) is 5.26 Å². The van der Waals surface area contributed by atoms with Crippen LogP contribution in [0.15, 0.2) is 72.8 Å². The normalized spacial score (nSPS) is 20.3. The van der Waals surface area contributed by atoms with Crippen molar-refractivity contribution < 1.29 is 9.53 Å². The van der Waals surface area contributed by atoms with Crippen LogP contribution in [0.1, 0.15) is 29.8 Å². The number of ether oxygens (including phenoxy) is 1. The molecule has 2 atom stereocenters. The lowest BCUT2D eigenvalue weighted by Crippen LogP contribution is -2.40. The van der Waals surface area contributed by atoms with Gasteiger partial charge in [0.25, 0.3) is 0 Å². The molecule has 2 aromatic carbocycles. The number of nitriles is 1. The molecule has 0 radical (unpaired) electrons. The first-order valence-electron chi connectivity index (χ1n) is 9.00. The Kier molecular flexibility index (Phi) is 4.32. The molecule has 0 fully saturated rings. The number of aromatic nitrogens is 1. The van der Waals surface area contributed by atoms with E-state index >= 15 is 0 Å². The van der Waals surface area contributed by atoms with Gasteiger partial charge in [0.15, 0.2) is 5.41 Å². The minimum Gasteiger partial charge on any atom is -0.481 e. The second kappa shape index (κ2) is 6.82. The minimum atomic E-state index is -1.15. The van der Waals surface area contributed by atoms with Crippen LogP contribution in [0.4, 0.5) is 5.69 Å². The number of methoxy groups -OCH3 is 1. The predicted octanol–water partition coefficient (Wildman–Crippen LogP) is 4.01. The molecule has 5 nitrogen and oxygen atoms in total. The summed E-state index contributed by atoms with van der Waals surface area (Å²) < 4.78 is 5.33. The predicted molar refractivity (Wildman–Crippen MR) is 106 cm³/mol. The number of carbonyl (C=O) groups excluding carboxylic acids is 1. The number of pyridine rings is 1. The highest BCUT2D eigenvalue weighted by Crippen LogP contribution is 2.55. The van der Waals surface area contributed by atoms with Crippen molar-refractivity contribution in [3.8, 4) is 11.9 Å². The highest BCUT2D eigenvalue weighted by atomic mass is 16.5. The molecule has 0 unspecified atom stereocenters. The minimum absolute atomic E-state index is 0.143. The summed E-state index contributed by atoms with van der Waals surface area (Å²) in [5, 5.41) is 10.5. The molecule has 0 saturated heterocycles. The van der Waals surface area contributed by atoms with Gasteiger partial charge in [0.05, 0.1) is 30.6 Å². The first kappa shape index (κ1) is 17.7. The summed E-state index contributed by atoms with van der Waals surface area (Å²) in [6.07, 6.45) is 0. The Hall–Kier alpha value is -3.65. The van der Waals surface area contributed by atoms with Crippen molar-refractivity contribution in [1.82, 2.24) is 4.98 Å². The number of anilines is 1. The van der Waals surface area contributed by atoms with Crippen molar-refractivity contribution in [2.45, 2.75) is 18.4 Å². The van der Waals surface area contributed by atoms with E-state index in [0.717, 1.165) is 11.1 Å². The first-order chi connectivity index (χ1) is 13.6. The van der Waals surface area contributed by atoms with Crippen LogP contribution in [0, 0.1) is 11.3 Å². The fourth-order valence-electron chi connectivity index (χ4n) is 4.05. The number of rotatable bonds is 3. The molecule has 2 heterocycles. The smallest absolute Gasteiger partial charge is 0.224 e. The zero-order chi connectivity index (χ0) is 19.7. The van der Waals surface area contributed by atoms with Gasteiger partial charge >= 0.3 is 0 Å². The molecule has 3 aromatic rings. The molecule has 4 rings (SSSR count). The molecule has 0 spiro atoms. The molecule has 0 saturated carbocycles. The Labute approximate surface area is 163 Å². The molecule has 1 aromatic heterocycles. The Morgan fingerprint density at radius 1 is 1.07 bits per heavy atom. The molecule has 0 bridgehead atoms. The van der Waals surface area contributed by atoms with E-state index in [1.807, 2.05) is 60.7 Å². The van der Waals surface area contributed by atoms with Crippen LogP contribution in [0.5, 0.6) is 5.88 Å². The third kappa shape index (κ3) is 2.46. The summed E-state index contributed by atoms with van der Waals surface area (Å²) in [4.78, 5) is 19.1. The van der Waals surface area contributed by atoms with Gasteiger partial charge in [-0.3, -0.25) is 4.79 Å². The van der Waals surface area contributed by atoms with Crippen molar-refractivity contribution in [2.24, 2.45) is 0 Å². The van der Waals surface area contributed by atoms with Gasteiger partial charge in [-0.15, -0.1) is 0 Å². The third-order valence-electron chi connectivity index (χ3n) is 5.22. The second-order valence-electron chi connectivity index (χ2n) is 6.71. The summed E-state index contributed by atoms with van der Waals surface area (Å²) in [5.74, 6) is 0.265. The van der Waals surface area contributed by atoms with E-state index in [4.69, 9.17) is 4.74 Å². The fraction of sp³-hybridized carbons (Fsp3) is 0.174. The lowest BCUT2D eigenvalue weighted by atomic mass is 9.72. The molecule has 5 heteroatoms. The number of nitrogens with zero attached hydrogens (tertiary/aromatic N) is 3. The summed E-state index contributed by atoms with van der Waals surface area (Å²) in [6.45, 7) is 1.52. The van der Waals surface area contributed by atoms with Gasteiger partial charge in [-0.1, -0.05) is 60.7 Å². The van der Waals surface area contributed by atoms with Crippen LogP contribution in [-0.2, 0) is 10.2 Å². The zero-order valence-corrected chi connectivity index (χ0v) is 15.7. The quantitative estimate of drug-likeness (QED) is 0.700. The monoisotopic (exact) mass is 369 g/mol. The van der Waals surface area contributed by atoms with Crippen LogP contribution in [0.25, 0.3) is 0 Å². The van der Waals surface area contributed by atoms with E-state index in [1.54, 1.807) is 17.0 Å². The summed E-state index contributed by atoms with van der Waals surface area (Å²) in [7, 11) is 1.54. The van der Waals surface area contributed by atoms with Crippen molar-refractivity contribution in [2.75, 3.05) is 12.0 Å². The Morgan fingerprint density at radius 2 is 1.71 bits per heavy atom. The molecule has 1 aliphatic heterocycles. The van der Waals surface area contributed by atoms with Crippen molar-refractivity contribution in [1.29, 1.82) is 5.26 Å². The van der Waals surface area contributed by atoms with E-state index in [0.29, 0.717) is 17.3 Å². The maximum absolute atomic E-state index is 12.7. The average Bonchev–Trinajstić information content (AvgIpc) is 3.05. The zero-order valence-electron chi connectivity index (χ0n) is 15.7. The van der Waals surface area contributed by atoms with E-state index in [1.165, 1.54) is 14.0 Å². The Morgan fingerprint density at radius 3 is 2.29 bits per heavy atom. The highest BCUT2D eigenvalue weighted by Gasteiger charge is 2.56. The SMILES string of the molecule is COc1ccc2c(n1)[C@](C#N)(c1ccccc1)[C@@H](c1ccccc1)N2C(C)=O. The van der Waals surface area contributed by atoms with Crippen LogP contribution in [-0.4, -0.2) is 18.0 Å². The topological polar surface area (TPSA) is 66.2 Å². The third-order valence-corrected chi connectivity index (χ3v) is 5.22. The average molecular weight is 369 g/mol. The van der Waals surface area contributed by atoms with Crippen molar-refractivity contribution in [3.63, 3.8) is 0 Å². The first-order valence-corrected chi connectivity index (χ1v) is 9.00. The summed E-state index contributed by atoms with van der Waals surface area (Å²) in [5.41, 5.74) is 1.67.